The predicted octanol–water partition coefficient (Wildman–Crippen LogP) is 2.88. The highest BCUT2D eigenvalue weighted by Gasteiger charge is 2.11. The van der Waals surface area contributed by atoms with Gasteiger partial charge in [-0.1, -0.05) is 11.6 Å². The Labute approximate surface area is 135 Å². The first-order valence-corrected chi connectivity index (χ1v) is 7.75. The van der Waals surface area contributed by atoms with E-state index in [0.717, 1.165) is 15.2 Å². The number of fused-ring (bicyclic) bond motifs is 1. The van der Waals surface area contributed by atoms with Crippen molar-refractivity contribution >= 4 is 39.1 Å². The van der Waals surface area contributed by atoms with E-state index in [9.17, 15) is 9.59 Å². The number of carbonyl (C=O) groups is 1. The molecular weight excluding hydrogens is 322 g/mol. The molecule has 2 heterocycles. The number of thiazole rings is 1. The van der Waals surface area contributed by atoms with Gasteiger partial charge in [-0.15, -0.1) is 11.3 Å². The molecule has 112 valence electrons. The zero-order valence-corrected chi connectivity index (χ0v) is 13.2. The Balaban J connectivity index is 1.75. The van der Waals surface area contributed by atoms with Crippen molar-refractivity contribution in [2.24, 2.45) is 0 Å². The zero-order valence-electron chi connectivity index (χ0n) is 11.6. The van der Waals surface area contributed by atoms with E-state index >= 15 is 0 Å². The minimum Gasteiger partial charge on any atom is -0.345 e. The number of aromatic nitrogens is 2. The van der Waals surface area contributed by atoms with Crippen molar-refractivity contribution in [3.05, 3.63) is 62.0 Å². The highest BCUT2D eigenvalue weighted by molar-refractivity contribution is 7.18. The van der Waals surface area contributed by atoms with Crippen molar-refractivity contribution in [3.8, 4) is 0 Å². The second kappa shape index (κ2) is 5.90. The van der Waals surface area contributed by atoms with Crippen molar-refractivity contribution in [1.29, 1.82) is 0 Å². The summed E-state index contributed by atoms with van der Waals surface area (Å²) in [6, 6.07) is 8.68. The lowest BCUT2D eigenvalue weighted by Crippen LogP contribution is -2.29. The van der Waals surface area contributed by atoms with Crippen LogP contribution in [-0.4, -0.2) is 15.9 Å². The van der Waals surface area contributed by atoms with Crippen LogP contribution < -0.4 is 10.9 Å². The molecule has 5 nitrogen and oxygen atoms in total. The van der Waals surface area contributed by atoms with E-state index in [1.807, 2.05) is 6.07 Å². The summed E-state index contributed by atoms with van der Waals surface area (Å²) in [7, 11) is 0. The molecule has 2 aromatic heterocycles. The van der Waals surface area contributed by atoms with Gasteiger partial charge in [-0.2, -0.15) is 0 Å². The normalized spacial score (nSPS) is 10.8. The molecule has 0 spiro atoms. The van der Waals surface area contributed by atoms with E-state index in [-0.39, 0.29) is 12.1 Å². The van der Waals surface area contributed by atoms with Crippen LogP contribution in [-0.2, 0) is 6.54 Å². The summed E-state index contributed by atoms with van der Waals surface area (Å²) in [5.41, 5.74) is 1.21. The highest BCUT2D eigenvalue weighted by atomic mass is 35.5. The average molecular weight is 334 g/mol. The Kier molecular flexibility index (Phi) is 3.96. The molecule has 0 aliphatic carbocycles. The van der Waals surface area contributed by atoms with Gasteiger partial charge in [0.25, 0.3) is 11.5 Å². The van der Waals surface area contributed by atoms with Crippen LogP contribution in [0, 0.1) is 6.92 Å². The van der Waals surface area contributed by atoms with E-state index < -0.39 is 11.5 Å². The number of aromatic amines is 1. The molecule has 1 amide bonds. The fraction of sp³-hybridized carbons (Fsp3) is 0.133. The Hall–Kier alpha value is -2.18. The third-order valence-electron chi connectivity index (χ3n) is 3.09. The van der Waals surface area contributed by atoms with Gasteiger partial charge >= 0.3 is 0 Å². The molecule has 2 N–H and O–H groups in total. The topological polar surface area (TPSA) is 74.8 Å². The molecule has 0 saturated heterocycles. The van der Waals surface area contributed by atoms with Crippen molar-refractivity contribution in [2.75, 3.05) is 0 Å². The third-order valence-corrected chi connectivity index (χ3v) is 4.37. The summed E-state index contributed by atoms with van der Waals surface area (Å²) in [6.07, 6.45) is 0. The minimum atomic E-state index is -0.418. The van der Waals surface area contributed by atoms with Gasteiger partial charge in [0.15, 0.2) is 0 Å². The molecular formula is C15H12ClN3O2S. The fourth-order valence-electron chi connectivity index (χ4n) is 2.03. The van der Waals surface area contributed by atoms with E-state index in [4.69, 9.17) is 11.6 Å². The van der Waals surface area contributed by atoms with Gasteiger partial charge in [0, 0.05) is 10.7 Å². The van der Waals surface area contributed by atoms with Crippen LogP contribution in [0.3, 0.4) is 0 Å². The number of carbonyl (C=O) groups excluding carboxylic acids is 1. The molecule has 0 atom stereocenters. The molecule has 22 heavy (non-hydrogen) atoms. The Bertz CT molecular complexity index is 917. The minimum absolute atomic E-state index is 0.0924. The number of hydrogen-bond donors (Lipinski definition) is 2. The van der Waals surface area contributed by atoms with Gasteiger partial charge in [-0.25, -0.2) is 4.98 Å². The van der Waals surface area contributed by atoms with Crippen LogP contribution in [0.5, 0.6) is 0 Å². The third kappa shape index (κ3) is 3.03. The van der Waals surface area contributed by atoms with Crippen LogP contribution in [0.15, 0.2) is 35.1 Å². The van der Waals surface area contributed by atoms with Gasteiger partial charge in [-0.05, 0) is 37.3 Å². The number of aryl methyl sites for hydroxylation is 1. The van der Waals surface area contributed by atoms with Crippen LogP contribution in [0.4, 0.5) is 0 Å². The SMILES string of the molecule is Cc1ccc(C(=O)NCc2nc3cc(Cl)ccc3s2)c(=O)[nH]1. The lowest BCUT2D eigenvalue weighted by molar-refractivity contribution is 0.0949. The Morgan fingerprint density at radius 2 is 2.18 bits per heavy atom. The van der Waals surface area contributed by atoms with Crippen molar-refractivity contribution in [3.63, 3.8) is 0 Å². The first kappa shape index (κ1) is 14.7. The maximum atomic E-state index is 12.0. The zero-order chi connectivity index (χ0) is 15.7. The summed E-state index contributed by atoms with van der Waals surface area (Å²) in [4.78, 5) is 30.8. The van der Waals surface area contributed by atoms with Crippen molar-refractivity contribution in [1.82, 2.24) is 15.3 Å². The molecule has 3 rings (SSSR count). The van der Waals surface area contributed by atoms with Crippen molar-refractivity contribution in [2.45, 2.75) is 13.5 Å². The Morgan fingerprint density at radius 1 is 1.36 bits per heavy atom. The predicted molar refractivity (Wildman–Crippen MR) is 87.6 cm³/mol. The molecule has 3 aromatic rings. The average Bonchev–Trinajstić information content (AvgIpc) is 2.86. The fourth-order valence-corrected chi connectivity index (χ4v) is 3.08. The Morgan fingerprint density at radius 3 is 2.95 bits per heavy atom. The molecule has 0 bridgehead atoms. The van der Waals surface area contributed by atoms with Crippen LogP contribution in [0.1, 0.15) is 21.1 Å². The summed E-state index contributed by atoms with van der Waals surface area (Å²) >= 11 is 7.40. The number of halogens is 1. The smallest absolute Gasteiger partial charge is 0.260 e. The second-order valence-electron chi connectivity index (χ2n) is 4.79. The molecule has 7 heteroatoms. The van der Waals surface area contributed by atoms with Gasteiger partial charge < -0.3 is 10.3 Å². The number of hydrogen-bond acceptors (Lipinski definition) is 4. The number of pyridine rings is 1. The number of amides is 1. The van der Waals surface area contributed by atoms with Crippen molar-refractivity contribution < 1.29 is 4.79 Å². The maximum absolute atomic E-state index is 12.0. The number of benzene rings is 1. The summed E-state index contributed by atoms with van der Waals surface area (Å²) in [5.74, 6) is -0.418. The molecule has 0 saturated carbocycles. The van der Waals surface area contributed by atoms with Gasteiger partial charge in [0.2, 0.25) is 0 Å². The largest absolute Gasteiger partial charge is 0.345 e. The van der Waals surface area contributed by atoms with Gasteiger partial charge in [0.1, 0.15) is 10.6 Å². The van der Waals surface area contributed by atoms with E-state index in [1.54, 1.807) is 25.1 Å². The number of rotatable bonds is 3. The summed E-state index contributed by atoms with van der Waals surface area (Å²) in [6.45, 7) is 2.03. The molecule has 0 fully saturated rings. The molecule has 0 radical (unpaired) electrons. The number of nitrogens with one attached hydrogen (secondary N) is 2. The van der Waals surface area contributed by atoms with Crippen LogP contribution in [0.25, 0.3) is 10.2 Å². The highest BCUT2D eigenvalue weighted by Crippen LogP contribution is 2.24. The van der Waals surface area contributed by atoms with Gasteiger partial charge in [0.05, 0.1) is 16.8 Å². The van der Waals surface area contributed by atoms with Gasteiger partial charge in [-0.3, -0.25) is 9.59 Å². The molecule has 0 aliphatic heterocycles. The van der Waals surface area contributed by atoms with Crippen LogP contribution >= 0.6 is 22.9 Å². The van der Waals surface area contributed by atoms with Crippen LogP contribution in [0.2, 0.25) is 5.02 Å². The number of H-pyrrole nitrogens is 1. The first-order valence-electron chi connectivity index (χ1n) is 6.56. The molecule has 1 aromatic carbocycles. The first-order chi connectivity index (χ1) is 10.5. The standard InChI is InChI=1S/C15H12ClN3O2S/c1-8-2-4-10(15(21)18-8)14(20)17-7-13-19-11-6-9(16)3-5-12(11)22-13/h2-6H,7H2,1H3,(H,17,20)(H,18,21). The second-order valence-corrected chi connectivity index (χ2v) is 6.34. The van der Waals surface area contributed by atoms with E-state index in [0.29, 0.717) is 10.7 Å². The van der Waals surface area contributed by atoms with E-state index in [2.05, 4.69) is 15.3 Å². The lowest BCUT2D eigenvalue weighted by Gasteiger charge is -2.02. The quantitative estimate of drug-likeness (QED) is 0.774. The summed E-state index contributed by atoms with van der Waals surface area (Å²) in [5, 5.41) is 4.09. The molecule has 0 aliphatic rings. The number of nitrogens with zero attached hydrogens (tertiary/aromatic N) is 1. The molecule has 0 unspecified atom stereocenters. The monoisotopic (exact) mass is 333 g/mol. The van der Waals surface area contributed by atoms with E-state index in [1.165, 1.54) is 17.4 Å². The maximum Gasteiger partial charge on any atom is 0.260 e. The lowest BCUT2D eigenvalue weighted by atomic mass is 10.2. The summed E-state index contributed by atoms with van der Waals surface area (Å²) < 4.78 is 1.00.